The van der Waals surface area contributed by atoms with Crippen LogP contribution in [0.25, 0.3) is 0 Å². The quantitative estimate of drug-likeness (QED) is 0.921. The highest BCUT2D eigenvalue weighted by Crippen LogP contribution is 2.38. The van der Waals surface area contributed by atoms with Gasteiger partial charge in [-0.15, -0.1) is 0 Å². The highest BCUT2D eigenvalue weighted by molar-refractivity contribution is 7.92. The van der Waals surface area contributed by atoms with Crippen molar-refractivity contribution in [2.24, 2.45) is 0 Å². The SMILES string of the molecule is CNC(C1CCc2cccnc21)C1CCCCS1(=O)=O. The van der Waals surface area contributed by atoms with Crippen molar-refractivity contribution in [1.82, 2.24) is 10.3 Å². The van der Waals surface area contributed by atoms with Gasteiger partial charge >= 0.3 is 0 Å². The van der Waals surface area contributed by atoms with E-state index in [1.54, 1.807) is 0 Å². The molecule has 1 fully saturated rings. The van der Waals surface area contributed by atoms with Gasteiger partial charge < -0.3 is 5.32 Å². The summed E-state index contributed by atoms with van der Waals surface area (Å²) in [6.07, 6.45) is 6.45. The summed E-state index contributed by atoms with van der Waals surface area (Å²) in [5.74, 6) is 0.576. The Labute approximate surface area is 120 Å². The number of pyridine rings is 1. The maximum Gasteiger partial charge on any atom is 0.154 e. The molecule has 0 aromatic carbocycles. The van der Waals surface area contributed by atoms with Gasteiger partial charge in [0.1, 0.15) is 0 Å². The number of aryl methyl sites for hydroxylation is 1. The number of hydrogen-bond donors (Lipinski definition) is 1. The lowest BCUT2D eigenvalue weighted by Gasteiger charge is -2.33. The Morgan fingerprint density at radius 3 is 2.95 bits per heavy atom. The molecule has 3 atom stereocenters. The van der Waals surface area contributed by atoms with Gasteiger partial charge in [0.15, 0.2) is 9.84 Å². The second-order valence-electron chi connectivity index (χ2n) is 5.91. The molecule has 1 N–H and O–H groups in total. The van der Waals surface area contributed by atoms with Crippen molar-refractivity contribution < 1.29 is 8.42 Å². The molecule has 0 radical (unpaired) electrons. The minimum absolute atomic E-state index is 0.00329. The molecule has 0 saturated carbocycles. The molecule has 20 heavy (non-hydrogen) atoms. The Morgan fingerprint density at radius 1 is 1.35 bits per heavy atom. The third-order valence-electron chi connectivity index (χ3n) is 4.80. The van der Waals surface area contributed by atoms with Crippen LogP contribution in [-0.2, 0) is 16.3 Å². The lowest BCUT2D eigenvalue weighted by Crippen LogP contribution is -2.48. The molecule has 0 spiro atoms. The standard InChI is InChI=1S/C15H22N2O2S/c1-16-15(13-6-2-3-10-20(13,18)19)12-8-7-11-5-4-9-17-14(11)12/h4-5,9,12-13,15-16H,2-3,6-8,10H2,1H3. The fourth-order valence-corrected chi connectivity index (χ4v) is 6.03. The monoisotopic (exact) mass is 294 g/mol. The molecule has 0 bridgehead atoms. The molecule has 4 nitrogen and oxygen atoms in total. The van der Waals surface area contributed by atoms with E-state index in [0.717, 1.165) is 37.8 Å². The number of hydrogen-bond acceptors (Lipinski definition) is 4. The van der Waals surface area contributed by atoms with E-state index in [2.05, 4.69) is 16.4 Å². The fraction of sp³-hybridized carbons (Fsp3) is 0.667. The second kappa shape index (κ2) is 5.45. The first-order chi connectivity index (χ1) is 9.63. The Balaban J connectivity index is 1.91. The summed E-state index contributed by atoms with van der Waals surface area (Å²) in [4.78, 5) is 4.52. The summed E-state index contributed by atoms with van der Waals surface area (Å²) in [5.41, 5.74) is 2.39. The zero-order valence-corrected chi connectivity index (χ0v) is 12.7. The van der Waals surface area contributed by atoms with Crippen LogP contribution >= 0.6 is 0 Å². The van der Waals surface area contributed by atoms with Gasteiger partial charge in [-0.2, -0.15) is 0 Å². The summed E-state index contributed by atoms with van der Waals surface area (Å²) in [5, 5.41) is 3.04. The molecule has 1 aliphatic carbocycles. The minimum atomic E-state index is -2.97. The molecule has 5 heteroatoms. The van der Waals surface area contributed by atoms with Gasteiger partial charge in [0.05, 0.1) is 11.0 Å². The molecule has 1 aromatic heterocycles. The van der Waals surface area contributed by atoms with Crippen LogP contribution in [0.4, 0.5) is 0 Å². The topological polar surface area (TPSA) is 59.1 Å². The first kappa shape index (κ1) is 14.0. The molecule has 2 heterocycles. The van der Waals surface area contributed by atoms with Gasteiger partial charge in [-0.05, 0) is 44.4 Å². The summed E-state index contributed by atoms with van der Waals surface area (Å²) < 4.78 is 24.8. The van der Waals surface area contributed by atoms with Crippen molar-refractivity contribution in [3.05, 3.63) is 29.6 Å². The van der Waals surface area contributed by atoms with E-state index >= 15 is 0 Å². The van der Waals surface area contributed by atoms with Crippen molar-refractivity contribution in [3.63, 3.8) is 0 Å². The Hall–Kier alpha value is -0.940. The van der Waals surface area contributed by atoms with Gasteiger partial charge in [0.2, 0.25) is 0 Å². The summed E-state index contributed by atoms with van der Waals surface area (Å²) in [6.45, 7) is 0. The number of nitrogens with one attached hydrogen (secondary N) is 1. The average molecular weight is 294 g/mol. The maximum absolute atomic E-state index is 12.4. The van der Waals surface area contributed by atoms with E-state index < -0.39 is 9.84 Å². The fourth-order valence-electron chi connectivity index (χ4n) is 3.82. The van der Waals surface area contributed by atoms with Gasteiger partial charge in [-0.1, -0.05) is 12.5 Å². The Morgan fingerprint density at radius 2 is 2.20 bits per heavy atom. The number of rotatable bonds is 3. The van der Waals surface area contributed by atoms with Gasteiger partial charge in [-0.25, -0.2) is 8.42 Å². The predicted molar refractivity (Wildman–Crippen MR) is 79.6 cm³/mol. The van der Waals surface area contributed by atoms with E-state index in [1.807, 2.05) is 19.3 Å². The first-order valence-corrected chi connectivity index (χ1v) is 9.17. The number of sulfone groups is 1. The Bertz CT molecular complexity index is 585. The van der Waals surface area contributed by atoms with Crippen LogP contribution in [0, 0.1) is 0 Å². The largest absolute Gasteiger partial charge is 0.315 e. The molecule has 3 rings (SSSR count). The van der Waals surface area contributed by atoms with Crippen molar-refractivity contribution >= 4 is 9.84 Å². The van der Waals surface area contributed by atoms with Crippen molar-refractivity contribution in [2.75, 3.05) is 12.8 Å². The average Bonchev–Trinajstić information content (AvgIpc) is 2.85. The van der Waals surface area contributed by atoms with Crippen LogP contribution < -0.4 is 5.32 Å². The number of fused-ring (bicyclic) bond motifs is 1. The number of likely N-dealkylation sites (N-methyl/N-ethyl adjacent to an activating group) is 1. The Kier molecular flexibility index (Phi) is 3.82. The second-order valence-corrected chi connectivity index (χ2v) is 8.25. The lowest BCUT2D eigenvalue weighted by atomic mass is 9.91. The third kappa shape index (κ3) is 2.37. The highest BCUT2D eigenvalue weighted by atomic mass is 32.2. The van der Waals surface area contributed by atoms with E-state index in [0.29, 0.717) is 5.75 Å². The van der Waals surface area contributed by atoms with Crippen molar-refractivity contribution in [1.29, 1.82) is 0 Å². The first-order valence-electron chi connectivity index (χ1n) is 7.46. The molecule has 0 amide bonds. The molecule has 1 aliphatic heterocycles. The summed E-state index contributed by atoms with van der Waals surface area (Å²) in [7, 11) is -1.08. The molecule has 110 valence electrons. The van der Waals surface area contributed by atoms with Crippen molar-refractivity contribution in [2.45, 2.75) is 49.3 Å². The molecule has 3 unspecified atom stereocenters. The normalized spacial score (nSPS) is 29.9. The lowest BCUT2D eigenvalue weighted by molar-refractivity contribution is 0.397. The van der Waals surface area contributed by atoms with Gasteiger partial charge in [0, 0.05) is 23.9 Å². The van der Waals surface area contributed by atoms with Crippen LogP contribution in [0.5, 0.6) is 0 Å². The van der Waals surface area contributed by atoms with Gasteiger partial charge in [-0.3, -0.25) is 4.98 Å². The third-order valence-corrected chi connectivity index (χ3v) is 7.11. The van der Waals surface area contributed by atoms with E-state index in [9.17, 15) is 8.42 Å². The van der Waals surface area contributed by atoms with Gasteiger partial charge in [0.25, 0.3) is 0 Å². The predicted octanol–water partition coefficient (Wildman–Crippen LogP) is 1.67. The summed E-state index contributed by atoms with van der Waals surface area (Å²) in [6, 6.07) is 4.08. The van der Waals surface area contributed by atoms with Crippen molar-refractivity contribution in [3.8, 4) is 0 Å². The van der Waals surface area contributed by atoms with Crippen LogP contribution in [0.3, 0.4) is 0 Å². The maximum atomic E-state index is 12.4. The zero-order chi connectivity index (χ0) is 14.2. The summed E-state index contributed by atoms with van der Waals surface area (Å²) >= 11 is 0. The van der Waals surface area contributed by atoms with Crippen LogP contribution in [0.15, 0.2) is 18.3 Å². The van der Waals surface area contributed by atoms with Crippen LogP contribution in [0.1, 0.15) is 42.9 Å². The number of aromatic nitrogens is 1. The van der Waals surface area contributed by atoms with E-state index in [-0.39, 0.29) is 17.2 Å². The molecular weight excluding hydrogens is 272 g/mol. The molecule has 1 aromatic rings. The van der Waals surface area contributed by atoms with Crippen LogP contribution in [-0.4, -0.2) is 37.5 Å². The molecule has 2 aliphatic rings. The molecular formula is C15H22N2O2S. The zero-order valence-electron chi connectivity index (χ0n) is 11.9. The molecule has 1 saturated heterocycles. The number of nitrogens with zero attached hydrogens (tertiary/aromatic N) is 1. The van der Waals surface area contributed by atoms with E-state index in [4.69, 9.17) is 0 Å². The smallest absolute Gasteiger partial charge is 0.154 e. The highest BCUT2D eigenvalue weighted by Gasteiger charge is 2.41. The van der Waals surface area contributed by atoms with E-state index in [1.165, 1.54) is 5.56 Å². The van der Waals surface area contributed by atoms with Crippen LogP contribution in [0.2, 0.25) is 0 Å². The minimum Gasteiger partial charge on any atom is -0.315 e.